The Morgan fingerprint density at radius 2 is 1.62 bits per heavy atom. The van der Waals surface area contributed by atoms with Crippen LogP contribution in [0, 0.1) is 0 Å². The highest BCUT2D eigenvalue weighted by atomic mass is 16.7. The molecule has 0 atom stereocenters. The van der Waals surface area contributed by atoms with Gasteiger partial charge < -0.3 is 14.2 Å². The zero-order chi connectivity index (χ0) is 18.4. The standard InChI is InChI=1S/C20H26N2O4/c1-23-18-12-16(13-19(24-2)20(18)25-3)17-11-15(7-8-21-17)14-26-22-9-5-4-6-10-22/h7-8,11-13H,4-6,9-10,14H2,1-3H3. The molecule has 1 aromatic carbocycles. The smallest absolute Gasteiger partial charge is 0.203 e. The maximum atomic E-state index is 5.92. The predicted molar refractivity (Wildman–Crippen MR) is 99.5 cm³/mol. The Balaban J connectivity index is 1.80. The SMILES string of the molecule is COc1cc(-c2cc(CON3CCCCC3)ccn2)cc(OC)c1OC. The number of hydrogen-bond acceptors (Lipinski definition) is 6. The van der Waals surface area contributed by atoms with Crippen molar-refractivity contribution in [3.63, 3.8) is 0 Å². The lowest BCUT2D eigenvalue weighted by atomic mass is 10.1. The van der Waals surface area contributed by atoms with Gasteiger partial charge in [-0.2, -0.15) is 5.06 Å². The van der Waals surface area contributed by atoms with E-state index in [9.17, 15) is 0 Å². The third-order valence-corrected chi connectivity index (χ3v) is 4.51. The minimum Gasteiger partial charge on any atom is -0.493 e. The first kappa shape index (κ1) is 18.5. The quantitative estimate of drug-likeness (QED) is 0.752. The fourth-order valence-corrected chi connectivity index (χ4v) is 3.11. The zero-order valence-electron chi connectivity index (χ0n) is 15.7. The lowest BCUT2D eigenvalue weighted by molar-refractivity contribution is -0.178. The normalized spacial score (nSPS) is 14.9. The molecule has 3 rings (SSSR count). The average molecular weight is 358 g/mol. The monoisotopic (exact) mass is 358 g/mol. The molecule has 0 radical (unpaired) electrons. The Morgan fingerprint density at radius 1 is 0.923 bits per heavy atom. The van der Waals surface area contributed by atoms with Crippen LogP contribution in [0.25, 0.3) is 11.3 Å². The van der Waals surface area contributed by atoms with Crippen molar-refractivity contribution in [2.75, 3.05) is 34.4 Å². The molecular weight excluding hydrogens is 332 g/mol. The summed E-state index contributed by atoms with van der Waals surface area (Å²) in [5, 5.41) is 2.06. The molecule has 26 heavy (non-hydrogen) atoms. The molecule has 1 aliphatic rings. The number of piperidine rings is 1. The highest BCUT2D eigenvalue weighted by molar-refractivity contribution is 5.69. The van der Waals surface area contributed by atoms with Crippen molar-refractivity contribution >= 4 is 0 Å². The van der Waals surface area contributed by atoms with Gasteiger partial charge in [0.15, 0.2) is 11.5 Å². The minimum atomic E-state index is 0.542. The van der Waals surface area contributed by atoms with Gasteiger partial charge >= 0.3 is 0 Å². The van der Waals surface area contributed by atoms with Crippen LogP contribution in [0.15, 0.2) is 30.5 Å². The summed E-state index contributed by atoms with van der Waals surface area (Å²) in [5.74, 6) is 1.79. The second kappa shape index (κ2) is 8.87. The molecule has 6 nitrogen and oxygen atoms in total. The van der Waals surface area contributed by atoms with Crippen molar-refractivity contribution in [2.24, 2.45) is 0 Å². The fraction of sp³-hybridized carbons (Fsp3) is 0.450. The molecule has 2 heterocycles. The van der Waals surface area contributed by atoms with E-state index in [-0.39, 0.29) is 0 Å². The van der Waals surface area contributed by atoms with E-state index in [1.165, 1.54) is 19.3 Å². The fourth-order valence-electron chi connectivity index (χ4n) is 3.11. The second-order valence-electron chi connectivity index (χ2n) is 6.23. The number of ether oxygens (including phenoxy) is 3. The Bertz CT molecular complexity index is 704. The molecule has 0 amide bonds. The van der Waals surface area contributed by atoms with Gasteiger partial charge in [-0.15, -0.1) is 0 Å². The van der Waals surface area contributed by atoms with Crippen molar-refractivity contribution in [1.82, 2.24) is 10.0 Å². The number of hydroxylamine groups is 2. The van der Waals surface area contributed by atoms with Crippen LogP contribution in [0.3, 0.4) is 0 Å². The molecule has 0 bridgehead atoms. The molecule has 140 valence electrons. The molecule has 1 aliphatic heterocycles. The molecule has 6 heteroatoms. The molecule has 1 saturated heterocycles. The van der Waals surface area contributed by atoms with Crippen LogP contribution in [0.1, 0.15) is 24.8 Å². The number of pyridine rings is 1. The maximum absolute atomic E-state index is 5.92. The van der Waals surface area contributed by atoms with Crippen molar-refractivity contribution in [3.05, 3.63) is 36.0 Å². The van der Waals surface area contributed by atoms with Gasteiger partial charge in [0.05, 0.1) is 33.6 Å². The first-order valence-electron chi connectivity index (χ1n) is 8.88. The zero-order valence-corrected chi connectivity index (χ0v) is 15.7. The summed E-state index contributed by atoms with van der Waals surface area (Å²) in [7, 11) is 4.81. The van der Waals surface area contributed by atoms with E-state index >= 15 is 0 Å². The van der Waals surface area contributed by atoms with Crippen LogP contribution in [-0.2, 0) is 11.4 Å². The summed E-state index contributed by atoms with van der Waals surface area (Å²) in [5.41, 5.74) is 2.82. The van der Waals surface area contributed by atoms with Gasteiger partial charge in [0.25, 0.3) is 0 Å². The van der Waals surface area contributed by atoms with Crippen molar-refractivity contribution in [1.29, 1.82) is 0 Å². The summed E-state index contributed by atoms with van der Waals surface area (Å²) in [6, 6.07) is 7.81. The number of hydrogen-bond donors (Lipinski definition) is 0. The van der Waals surface area contributed by atoms with Gasteiger partial charge in [0, 0.05) is 24.8 Å². The topological polar surface area (TPSA) is 53.1 Å². The highest BCUT2D eigenvalue weighted by Crippen LogP contribution is 2.40. The number of methoxy groups -OCH3 is 3. The Labute approximate surface area is 154 Å². The van der Waals surface area contributed by atoms with Crippen LogP contribution in [-0.4, -0.2) is 44.5 Å². The molecule has 2 aromatic rings. The van der Waals surface area contributed by atoms with E-state index < -0.39 is 0 Å². The predicted octanol–water partition coefficient (Wildman–Crippen LogP) is 3.69. The summed E-state index contributed by atoms with van der Waals surface area (Å²) in [6.45, 7) is 2.55. The summed E-state index contributed by atoms with van der Waals surface area (Å²) in [6.07, 6.45) is 5.49. The van der Waals surface area contributed by atoms with Crippen LogP contribution >= 0.6 is 0 Å². The Morgan fingerprint density at radius 3 is 2.23 bits per heavy atom. The van der Waals surface area contributed by atoms with Crippen LogP contribution in [0.4, 0.5) is 0 Å². The van der Waals surface area contributed by atoms with Gasteiger partial charge in [-0.25, -0.2) is 0 Å². The van der Waals surface area contributed by atoms with Gasteiger partial charge in [0.1, 0.15) is 0 Å². The first-order valence-corrected chi connectivity index (χ1v) is 8.88. The average Bonchev–Trinajstić information content (AvgIpc) is 2.72. The summed E-state index contributed by atoms with van der Waals surface area (Å²) >= 11 is 0. The van der Waals surface area contributed by atoms with E-state index in [2.05, 4.69) is 10.0 Å². The number of benzene rings is 1. The van der Waals surface area contributed by atoms with E-state index in [0.29, 0.717) is 23.9 Å². The largest absolute Gasteiger partial charge is 0.493 e. The van der Waals surface area contributed by atoms with E-state index in [1.807, 2.05) is 24.3 Å². The van der Waals surface area contributed by atoms with E-state index in [1.54, 1.807) is 27.5 Å². The maximum Gasteiger partial charge on any atom is 0.203 e. The lowest BCUT2D eigenvalue weighted by Gasteiger charge is -2.25. The van der Waals surface area contributed by atoms with Crippen molar-refractivity contribution in [3.8, 4) is 28.5 Å². The molecule has 0 N–H and O–H groups in total. The van der Waals surface area contributed by atoms with Crippen molar-refractivity contribution in [2.45, 2.75) is 25.9 Å². The van der Waals surface area contributed by atoms with E-state index in [0.717, 1.165) is 29.9 Å². The van der Waals surface area contributed by atoms with Crippen molar-refractivity contribution < 1.29 is 19.0 Å². The summed E-state index contributed by atoms with van der Waals surface area (Å²) in [4.78, 5) is 10.4. The van der Waals surface area contributed by atoms with E-state index in [4.69, 9.17) is 19.0 Å². The number of nitrogens with zero attached hydrogens (tertiary/aromatic N) is 2. The van der Waals surface area contributed by atoms with Gasteiger partial charge in [0.2, 0.25) is 5.75 Å². The molecule has 1 aromatic heterocycles. The van der Waals surface area contributed by atoms with Crippen LogP contribution in [0.2, 0.25) is 0 Å². The van der Waals surface area contributed by atoms with Gasteiger partial charge in [-0.3, -0.25) is 9.82 Å². The molecular formula is C20H26N2O4. The Kier molecular flexibility index (Phi) is 6.30. The lowest BCUT2D eigenvalue weighted by Crippen LogP contribution is -2.29. The molecule has 1 fully saturated rings. The molecule has 0 aliphatic carbocycles. The highest BCUT2D eigenvalue weighted by Gasteiger charge is 2.15. The van der Waals surface area contributed by atoms with Crippen LogP contribution < -0.4 is 14.2 Å². The second-order valence-corrected chi connectivity index (χ2v) is 6.23. The van der Waals surface area contributed by atoms with Gasteiger partial charge in [-0.1, -0.05) is 6.42 Å². The summed E-state index contributed by atoms with van der Waals surface area (Å²) < 4.78 is 16.3. The third-order valence-electron chi connectivity index (χ3n) is 4.51. The van der Waals surface area contributed by atoms with Gasteiger partial charge in [-0.05, 0) is 42.7 Å². The molecule has 0 unspecified atom stereocenters. The Hall–Kier alpha value is -2.31. The molecule has 0 spiro atoms. The number of rotatable bonds is 7. The minimum absolute atomic E-state index is 0.542. The van der Waals surface area contributed by atoms with Crippen LogP contribution in [0.5, 0.6) is 17.2 Å². The molecule has 0 saturated carbocycles. The first-order chi connectivity index (χ1) is 12.7. The number of aromatic nitrogens is 1. The third kappa shape index (κ3) is 4.26.